The lowest BCUT2D eigenvalue weighted by Gasteiger charge is -2.32. The van der Waals surface area contributed by atoms with Gasteiger partial charge in [0.25, 0.3) is 5.91 Å². The summed E-state index contributed by atoms with van der Waals surface area (Å²) in [7, 11) is 2.01. The number of benzene rings is 3. The van der Waals surface area contributed by atoms with E-state index in [0.29, 0.717) is 40.9 Å². The second-order valence-corrected chi connectivity index (χ2v) is 12.1. The van der Waals surface area contributed by atoms with E-state index in [1.54, 1.807) is 53.4 Å². The predicted molar refractivity (Wildman–Crippen MR) is 182 cm³/mol. The molecule has 0 aliphatic carbocycles. The van der Waals surface area contributed by atoms with Gasteiger partial charge in [0.1, 0.15) is 17.4 Å². The number of carbonyl (C=O) groups excluding carboxylic acids is 3. The zero-order chi connectivity index (χ0) is 34.7. The fraction of sp³-hybridized carbons (Fsp3) is 0.206. The lowest BCUT2D eigenvalue weighted by Crippen LogP contribution is -2.48. The standard InChI is InChI=1S/C34H32ClFN8O5/c1-43-11-13-44(14-12-43)34(49)38-21-7-5-19(6-8-21)15-27(31(45)37-22-9-10-25-20(16-22)17-29(39-25)33(47)48)40-32(46)28-18-26(41-42-28)23-3-2-4-24(35)30(23)36/h2-10,16-18,27,39H,11-15H2,1H3,(H,37,45)(H,38,49)(H,40,46)(H,41,42)(H,47,48)/t27-/m0/s1. The fourth-order valence-electron chi connectivity index (χ4n) is 5.45. The first kappa shape index (κ1) is 33.2. The van der Waals surface area contributed by atoms with Gasteiger partial charge in [0.2, 0.25) is 5.91 Å². The molecule has 13 nitrogen and oxygen atoms in total. The maximum atomic E-state index is 14.6. The number of halogens is 2. The van der Waals surface area contributed by atoms with Crippen molar-refractivity contribution in [2.45, 2.75) is 12.5 Å². The van der Waals surface area contributed by atoms with Crippen LogP contribution in [0, 0.1) is 5.82 Å². The molecule has 15 heteroatoms. The summed E-state index contributed by atoms with van der Waals surface area (Å²) >= 11 is 5.91. The molecule has 6 rings (SSSR count). The van der Waals surface area contributed by atoms with Crippen molar-refractivity contribution in [3.05, 3.63) is 101 Å². The maximum absolute atomic E-state index is 14.6. The number of carbonyl (C=O) groups is 4. The third-order valence-electron chi connectivity index (χ3n) is 8.23. The van der Waals surface area contributed by atoms with Gasteiger partial charge in [0, 0.05) is 60.4 Å². The van der Waals surface area contributed by atoms with Crippen LogP contribution in [0.3, 0.4) is 0 Å². The number of hydrogen-bond acceptors (Lipinski definition) is 6. The highest BCUT2D eigenvalue weighted by Gasteiger charge is 2.25. The molecule has 3 heterocycles. The normalized spacial score (nSPS) is 14.0. The molecule has 5 aromatic rings. The van der Waals surface area contributed by atoms with Gasteiger partial charge in [-0.05, 0) is 67.2 Å². The Kier molecular flexibility index (Phi) is 9.60. The van der Waals surface area contributed by atoms with Gasteiger partial charge in [-0.1, -0.05) is 29.8 Å². The van der Waals surface area contributed by atoms with Crippen molar-refractivity contribution in [1.29, 1.82) is 0 Å². The molecule has 252 valence electrons. The summed E-state index contributed by atoms with van der Waals surface area (Å²) in [4.78, 5) is 57.9. The molecule has 1 aliphatic rings. The van der Waals surface area contributed by atoms with Crippen LogP contribution >= 0.6 is 11.6 Å². The minimum atomic E-state index is -1.12. The first-order valence-corrected chi connectivity index (χ1v) is 15.7. The minimum Gasteiger partial charge on any atom is -0.477 e. The van der Waals surface area contributed by atoms with Gasteiger partial charge in [0.15, 0.2) is 5.82 Å². The van der Waals surface area contributed by atoms with Crippen LogP contribution in [0.25, 0.3) is 22.2 Å². The Hall–Kier alpha value is -5.73. The minimum absolute atomic E-state index is 0.00312. The van der Waals surface area contributed by atoms with E-state index in [2.05, 4.69) is 36.0 Å². The molecule has 0 bridgehead atoms. The molecule has 2 aromatic heterocycles. The van der Waals surface area contributed by atoms with Crippen molar-refractivity contribution in [3.8, 4) is 11.3 Å². The van der Waals surface area contributed by atoms with Crippen molar-refractivity contribution in [2.75, 3.05) is 43.9 Å². The van der Waals surface area contributed by atoms with Crippen LogP contribution in [-0.4, -0.2) is 93.2 Å². The highest BCUT2D eigenvalue weighted by Crippen LogP contribution is 2.27. The highest BCUT2D eigenvalue weighted by molar-refractivity contribution is 6.31. The van der Waals surface area contributed by atoms with Crippen LogP contribution in [0.1, 0.15) is 26.5 Å². The molecule has 49 heavy (non-hydrogen) atoms. The van der Waals surface area contributed by atoms with Crippen molar-refractivity contribution in [3.63, 3.8) is 0 Å². The second kappa shape index (κ2) is 14.2. The van der Waals surface area contributed by atoms with E-state index in [1.807, 2.05) is 7.05 Å². The Morgan fingerprint density at radius 3 is 2.41 bits per heavy atom. The topological polar surface area (TPSA) is 176 Å². The van der Waals surface area contributed by atoms with Crippen molar-refractivity contribution in [2.24, 2.45) is 0 Å². The molecule has 0 spiro atoms. The number of urea groups is 1. The Labute approximate surface area is 284 Å². The first-order valence-electron chi connectivity index (χ1n) is 15.3. The summed E-state index contributed by atoms with van der Waals surface area (Å²) in [6.45, 7) is 2.84. The largest absolute Gasteiger partial charge is 0.477 e. The van der Waals surface area contributed by atoms with E-state index in [1.165, 1.54) is 24.3 Å². The predicted octanol–water partition coefficient (Wildman–Crippen LogP) is 4.81. The lowest BCUT2D eigenvalue weighted by molar-refractivity contribution is -0.118. The molecule has 1 saturated heterocycles. The van der Waals surface area contributed by atoms with Gasteiger partial charge in [-0.3, -0.25) is 14.7 Å². The average Bonchev–Trinajstić information content (AvgIpc) is 3.75. The van der Waals surface area contributed by atoms with Crippen molar-refractivity contribution in [1.82, 2.24) is 30.3 Å². The monoisotopic (exact) mass is 686 g/mol. The molecular formula is C34H32ClFN8O5. The zero-order valence-electron chi connectivity index (χ0n) is 26.2. The number of fused-ring (bicyclic) bond motifs is 1. The fourth-order valence-corrected chi connectivity index (χ4v) is 5.62. The van der Waals surface area contributed by atoms with E-state index >= 15 is 0 Å². The van der Waals surface area contributed by atoms with Crippen LogP contribution in [0.15, 0.2) is 72.8 Å². The third-order valence-corrected chi connectivity index (χ3v) is 8.52. The molecule has 6 N–H and O–H groups in total. The number of piperazine rings is 1. The van der Waals surface area contributed by atoms with Gasteiger partial charge < -0.3 is 35.8 Å². The number of carboxylic acid groups (broad SMARTS) is 1. The summed E-state index contributed by atoms with van der Waals surface area (Å²) in [6, 6.07) is 17.8. The van der Waals surface area contributed by atoms with Crippen LogP contribution in [0.5, 0.6) is 0 Å². The molecule has 4 amide bonds. The maximum Gasteiger partial charge on any atom is 0.352 e. The molecule has 3 aromatic carbocycles. The van der Waals surface area contributed by atoms with Gasteiger partial charge in [0.05, 0.1) is 10.7 Å². The van der Waals surface area contributed by atoms with Gasteiger partial charge in [-0.15, -0.1) is 0 Å². The van der Waals surface area contributed by atoms with E-state index in [-0.39, 0.29) is 40.1 Å². The Morgan fingerprint density at radius 2 is 1.67 bits per heavy atom. The highest BCUT2D eigenvalue weighted by atomic mass is 35.5. The summed E-state index contributed by atoms with van der Waals surface area (Å²) in [5.41, 5.74) is 2.48. The molecular weight excluding hydrogens is 655 g/mol. The number of likely N-dealkylation sites (N-methyl/N-ethyl adjacent to an activating group) is 1. The number of aromatic amines is 2. The van der Waals surface area contributed by atoms with Crippen molar-refractivity contribution >= 4 is 57.7 Å². The molecule has 1 atom stereocenters. The number of hydrogen-bond donors (Lipinski definition) is 6. The van der Waals surface area contributed by atoms with E-state index in [4.69, 9.17) is 11.6 Å². The number of H-pyrrole nitrogens is 2. The Morgan fingerprint density at radius 1 is 0.939 bits per heavy atom. The molecule has 0 saturated carbocycles. The summed E-state index contributed by atoms with van der Waals surface area (Å²) < 4.78 is 14.6. The Balaban J connectivity index is 1.19. The number of anilines is 2. The lowest BCUT2D eigenvalue weighted by atomic mass is 10.0. The van der Waals surface area contributed by atoms with E-state index in [0.717, 1.165) is 13.1 Å². The summed E-state index contributed by atoms with van der Waals surface area (Å²) in [5, 5.41) is 24.9. The van der Waals surface area contributed by atoms with Gasteiger partial charge in [-0.2, -0.15) is 5.10 Å². The number of amides is 4. The SMILES string of the molecule is CN1CCN(C(=O)Nc2ccc(C[C@H](NC(=O)c3cc(-c4cccc(Cl)c4F)n[nH]3)C(=O)Nc3ccc4[nH]c(C(=O)O)cc4c3)cc2)CC1. The number of aromatic nitrogens is 3. The number of rotatable bonds is 9. The molecule has 0 unspecified atom stereocenters. The van der Waals surface area contributed by atoms with E-state index in [9.17, 15) is 28.7 Å². The van der Waals surface area contributed by atoms with Crippen LogP contribution in [-0.2, 0) is 11.2 Å². The molecule has 1 aliphatic heterocycles. The summed E-state index contributed by atoms with van der Waals surface area (Å²) in [5.74, 6) is -3.01. The number of carboxylic acids is 1. The number of nitrogens with zero attached hydrogens (tertiary/aromatic N) is 3. The van der Waals surface area contributed by atoms with Crippen LogP contribution in [0.2, 0.25) is 5.02 Å². The van der Waals surface area contributed by atoms with Gasteiger partial charge in [-0.25, -0.2) is 14.0 Å². The summed E-state index contributed by atoms with van der Waals surface area (Å²) in [6.07, 6.45) is 0.0732. The zero-order valence-corrected chi connectivity index (χ0v) is 27.0. The van der Waals surface area contributed by atoms with E-state index < -0.39 is 29.6 Å². The van der Waals surface area contributed by atoms with Gasteiger partial charge >= 0.3 is 12.0 Å². The number of aromatic carboxylic acids is 1. The molecule has 1 fully saturated rings. The van der Waals surface area contributed by atoms with Crippen LogP contribution < -0.4 is 16.0 Å². The third kappa shape index (κ3) is 7.71. The first-order chi connectivity index (χ1) is 23.5. The smallest absolute Gasteiger partial charge is 0.352 e. The average molecular weight is 687 g/mol. The molecule has 0 radical (unpaired) electrons. The quantitative estimate of drug-likeness (QED) is 0.129. The second-order valence-electron chi connectivity index (χ2n) is 11.7. The van der Waals surface area contributed by atoms with Crippen LogP contribution in [0.4, 0.5) is 20.6 Å². The van der Waals surface area contributed by atoms with Crippen molar-refractivity contribution < 1.29 is 28.7 Å². The Bertz CT molecular complexity index is 2040. The number of nitrogens with one attached hydrogen (secondary N) is 5.